The summed E-state index contributed by atoms with van der Waals surface area (Å²) in [5, 5.41) is -1.59. The third-order valence-corrected chi connectivity index (χ3v) is 29.5. The first-order valence-electron chi connectivity index (χ1n) is 37.4. The molecule has 121 heavy (non-hydrogen) atoms. The maximum Gasteiger partial charge on any atom is 0.490 e. The summed E-state index contributed by atoms with van der Waals surface area (Å²) in [5.41, 5.74) is 10.8. The number of fused-ring (bicyclic) bond motifs is 3. The minimum atomic E-state index is -4.46. The zero-order valence-electron chi connectivity index (χ0n) is 65.5. The van der Waals surface area contributed by atoms with Gasteiger partial charge in [0.15, 0.2) is 25.7 Å². The molecule has 10 aromatic rings. The van der Waals surface area contributed by atoms with Crippen LogP contribution in [-0.2, 0) is 103 Å². The van der Waals surface area contributed by atoms with Crippen LogP contribution >= 0.6 is 78.3 Å². The molecule has 16 rings (SSSR count). The predicted molar refractivity (Wildman–Crippen MR) is 456 cm³/mol. The minimum Gasteiger partial charge on any atom is -0.400 e. The van der Waals surface area contributed by atoms with Crippen molar-refractivity contribution in [3.8, 4) is 33.4 Å². The summed E-state index contributed by atoms with van der Waals surface area (Å²) < 4.78 is 252. The van der Waals surface area contributed by atoms with E-state index in [2.05, 4.69) is 118 Å². The van der Waals surface area contributed by atoms with E-state index in [0.29, 0.717) is 74.1 Å². The van der Waals surface area contributed by atoms with E-state index in [-0.39, 0.29) is 77.9 Å². The van der Waals surface area contributed by atoms with Gasteiger partial charge in [-0.2, -0.15) is 78.1 Å². The van der Waals surface area contributed by atoms with Gasteiger partial charge < -0.3 is 19.1 Å². The lowest BCUT2D eigenvalue weighted by Gasteiger charge is -2.32. The number of nitrogens with zero attached hydrogens (tertiary/aromatic N) is 9. The molecule has 5 aliphatic heterocycles. The molecule has 0 saturated carbocycles. The lowest BCUT2D eigenvalue weighted by atomic mass is 9.75. The summed E-state index contributed by atoms with van der Waals surface area (Å²) >= 11 is 8.45. The smallest absolute Gasteiger partial charge is 0.400 e. The first-order valence-corrected chi connectivity index (χ1v) is 45.9. The molecule has 19 nitrogen and oxygen atoms in total. The van der Waals surface area contributed by atoms with E-state index in [0.717, 1.165) is 160 Å². The molecule has 41 heteroatoms. The van der Waals surface area contributed by atoms with Crippen molar-refractivity contribution in [1.29, 1.82) is 0 Å². The summed E-state index contributed by atoms with van der Waals surface area (Å²) in [4.78, 5) is 19.1. The molecule has 0 spiro atoms. The van der Waals surface area contributed by atoms with Gasteiger partial charge in [-0.05, 0) is 213 Å². The van der Waals surface area contributed by atoms with Crippen LogP contribution in [0.4, 0.5) is 62.9 Å². The van der Waals surface area contributed by atoms with Gasteiger partial charge in [0.05, 0.1) is 46.5 Å². The lowest BCUT2D eigenvalue weighted by molar-refractivity contribution is -0.138. The molecule has 2 N–H and O–H groups in total. The predicted octanol–water partition coefficient (Wildman–Crippen LogP) is 20.0. The molecule has 0 unspecified atom stereocenters. The molecule has 6 aromatic carbocycles. The van der Waals surface area contributed by atoms with Gasteiger partial charge in [0.1, 0.15) is 17.1 Å². The average molecular weight is 1950 g/mol. The monoisotopic (exact) mass is 1950 g/mol. The third kappa shape index (κ3) is 23.4. The molecular weight excluding hydrogens is 1870 g/mol. The number of anilines is 2. The van der Waals surface area contributed by atoms with Crippen LogP contribution in [0.25, 0.3) is 39.0 Å². The van der Waals surface area contributed by atoms with E-state index in [9.17, 15) is 77.9 Å². The second kappa shape index (κ2) is 38.6. The zero-order valence-corrected chi connectivity index (χ0v) is 74.4. The SMILES string of the molecule is CN1CC=C(B2OC(C)(C)C(C)(C)O2)CC1.CN1CC=C(c2cc(C(F)(F)F)ccc2-c2cccc3c2CCN(S(=O)(=O)Nc2ncc(F)s2)C3)CC1.Cl.FC(F)(F)c1ccc(-c2cccc3c2CCCC3)c(Br)c1.O=S(=O)(Cc1ncc(F)s1)n1ccnc1.O=S(=O)(Nc1ncc(F)s1)N1CCc2c(cccc2-c2ccc(C(F)(F)F)cc2Br)C1. The third-order valence-electron chi connectivity index (χ3n) is 21.1. The minimum absolute atomic E-state index is 0. The van der Waals surface area contributed by atoms with Crippen LogP contribution in [-0.4, -0.2) is 139 Å². The summed E-state index contributed by atoms with van der Waals surface area (Å²) in [5.74, 6) is -0.321. The Hall–Kier alpha value is -7.42. The van der Waals surface area contributed by atoms with E-state index < -0.39 is 81.1 Å². The van der Waals surface area contributed by atoms with Gasteiger partial charge in [-0.3, -0.25) is 0 Å². The van der Waals surface area contributed by atoms with Gasteiger partial charge >= 0.3 is 46.1 Å². The lowest BCUT2D eigenvalue weighted by Crippen LogP contribution is -2.41. The summed E-state index contributed by atoms with van der Waals surface area (Å²) in [6.07, 6.45) is 4.55. The van der Waals surface area contributed by atoms with E-state index in [1.807, 2.05) is 37.4 Å². The maximum atomic E-state index is 13.6. The van der Waals surface area contributed by atoms with Crippen molar-refractivity contribution < 1.29 is 87.2 Å². The Morgan fingerprint density at radius 3 is 1.36 bits per heavy atom. The summed E-state index contributed by atoms with van der Waals surface area (Å²) in [6, 6.07) is 28.1. The van der Waals surface area contributed by atoms with E-state index >= 15 is 0 Å². The van der Waals surface area contributed by atoms with Crippen LogP contribution in [0.5, 0.6) is 0 Å². The number of rotatable bonds is 14. The highest BCUT2D eigenvalue weighted by atomic mass is 79.9. The van der Waals surface area contributed by atoms with Crippen molar-refractivity contribution in [3.63, 3.8) is 0 Å². The van der Waals surface area contributed by atoms with Gasteiger partial charge in [0.2, 0.25) is 10.0 Å². The summed E-state index contributed by atoms with van der Waals surface area (Å²) in [6.45, 7) is 12.4. The largest absolute Gasteiger partial charge is 0.490 e. The number of benzene rings is 6. The fraction of sp³-hybridized carbons (Fsp3) is 0.350. The molecule has 0 bridgehead atoms. The molecule has 0 radical (unpaired) electrons. The number of imidazole rings is 1. The van der Waals surface area contributed by atoms with Gasteiger partial charge in [0.25, 0.3) is 0 Å². The number of hydrogen-bond acceptors (Lipinski definition) is 17. The van der Waals surface area contributed by atoms with Crippen molar-refractivity contribution in [1.82, 2.24) is 42.3 Å². The Labute approximate surface area is 728 Å². The van der Waals surface area contributed by atoms with Crippen LogP contribution in [0, 0.1) is 15.4 Å². The number of halogens is 15. The first kappa shape index (κ1) is 94.3. The van der Waals surface area contributed by atoms with Crippen molar-refractivity contribution in [2.75, 3.05) is 62.8 Å². The first-order chi connectivity index (χ1) is 56.4. The quantitative estimate of drug-likeness (QED) is 0.0765. The fourth-order valence-corrected chi connectivity index (χ4v) is 21.2. The molecule has 4 aromatic heterocycles. The van der Waals surface area contributed by atoms with Crippen LogP contribution in [0.2, 0.25) is 0 Å². The fourth-order valence-electron chi connectivity index (χ4n) is 14.1. The molecule has 9 heterocycles. The molecule has 1 fully saturated rings. The second-order valence-electron chi connectivity index (χ2n) is 29.8. The van der Waals surface area contributed by atoms with Gasteiger partial charge in [-0.15, -0.1) is 12.4 Å². The molecule has 6 aliphatic rings. The highest BCUT2D eigenvalue weighted by molar-refractivity contribution is 9.11. The second-order valence-corrected chi connectivity index (χ2v) is 39.8. The topological polar surface area (TPSA) is 214 Å². The maximum absolute atomic E-state index is 13.6. The molecule has 0 amide bonds. The Morgan fingerprint density at radius 1 is 0.504 bits per heavy atom. The number of alkyl halides is 9. The van der Waals surface area contributed by atoms with Crippen molar-refractivity contribution >= 4 is 132 Å². The van der Waals surface area contributed by atoms with E-state index in [1.54, 1.807) is 30.3 Å². The number of aromatic nitrogens is 5. The molecule has 648 valence electrons. The van der Waals surface area contributed by atoms with Crippen molar-refractivity contribution in [3.05, 3.63) is 249 Å². The Morgan fingerprint density at radius 2 is 0.942 bits per heavy atom. The zero-order chi connectivity index (χ0) is 86.7. The van der Waals surface area contributed by atoms with Crippen LogP contribution < -0.4 is 9.44 Å². The molecular formula is C80H81BBr2ClF12N11O8S6. The van der Waals surface area contributed by atoms with Gasteiger partial charge in [-0.1, -0.05) is 151 Å². The average Bonchev–Trinajstić information content (AvgIpc) is 1.52. The Balaban J connectivity index is 0.000000154. The summed E-state index contributed by atoms with van der Waals surface area (Å²) in [7, 11) is -7.47. The van der Waals surface area contributed by atoms with Crippen LogP contribution in [0.15, 0.2) is 173 Å². The number of hydrogen-bond donors (Lipinski definition) is 2. The highest BCUT2D eigenvalue weighted by Crippen LogP contribution is 2.45. The Kier molecular flexibility index (Phi) is 30.1. The van der Waals surface area contributed by atoms with Gasteiger partial charge in [0, 0.05) is 73.7 Å². The standard InChI is InChI=1S/C25H24F4N4O2S2.C19H14BrF4N3O2S2.C17H14BrF3.C12H22BNO2.C7H6FN3O2S2.ClH/c1-32-10-7-16(8-11-32)22-13-18(25(27,28)29)5-6-21(22)20-4-2-3-17-15-33(12-9-19(17)20)37(34,35)31-24-30-14-23(26)36-24;20-16-8-12(19(22,23)24)4-5-15(16)14-3-1-2-11-10-27(7-6-13(11)14)31(28,29)26-18-25-9-17(21)30-18;18-16-10-12(17(19,20)21)8-9-15(16)14-7-3-5-11-4-1-2-6-13(11)14;1-11(2)12(3,4)16-13(15-11)10-6-8-14(5)9-7-10;8-6-3-10-7(14-6)4-15(12,13)11-2-1-9-5-11;/h2-7,13-14H,8-12,15H2,1H3,(H,30,31);1-5,8-9H,6-7,10H2,(H,25,26);3,5,7-10H,1-2,4,6H2;6H,7-9H2,1-5H3;1-3,5H,4H2;1H. The van der Waals surface area contributed by atoms with Crippen LogP contribution in [0.3, 0.4) is 0 Å². The van der Waals surface area contributed by atoms with Crippen molar-refractivity contribution in [2.24, 2.45) is 0 Å². The highest BCUT2D eigenvalue weighted by Gasteiger charge is 2.52. The molecule has 1 saturated heterocycles. The molecule has 1 aliphatic carbocycles. The van der Waals surface area contributed by atoms with Crippen LogP contribution in [0.1, 0.15) is 114 Å². The van der Waals surface area contributed by atoms with Gasteiger partial charge in [-0.25, -0.2) is 41.8 Å². The number of nitrogens with one attached hydrogen (secondary N) is 2. The number of aryl methyl sites for hydroxylation is 1. The normalized spacial score (nSPS) is 17.1. The Bertz CT molecular complexity index is 5790. The molecule has 0 atom stereocenters. The number of thiazole rings is 3. The van der Waals surface area contributed by atoms with Crippen molar-refractivity contribution in [2.45, 2.75) is 128 Å². The van der Waals surface area contributed by atoms with E-state index in [1.165, 1.54) is 68.6 Å². The van der Waals surface area contributed by atoms with E-state index in [4.69, 9.17) is 9.31 Å². The number of likely N-dealkylation sites (N-methyl/N-ethyl adjacent to an activating group) is 2.